The first-order valence-corrected chi connectivity index (χ1v) is 9.28. The fourth-order valence-electron chi connectivity index (χ4n) is 3.60. The number of amides is 1. The lowest BCUT2D eigenvalue weighted by atomic mass is 9.96. The third kappa shape index (κ3) is 2.91. The molecule has 1 saturated heterocycles. The van der Waals surface area contributed by atoms with Crippen molar-refractivity contribution in [2.24, 2.45) is 0 Å². The molecule has 2 fully saturated rings. The van der Waals surface area contributed by atoms with E-state index < -0.39 is 6.10 Å². The molecule has 3 heterocycles. The Hall–Kier alpha value is -2.57. The van der Waals surface area contributed by atoms with Gasteiger partial charge in [0.2, 0.25) is 17.9 Å². The number of rotatable bonds is 3. The van der Waals surface area contributed by atoms with Crippen molar-refractivity contribution in [3.8, 4) is 11.5 Å². The zero-order valence-corrected chi connectivity index (χ0v) is 14.5. The highest BCUT2D eigenvalue weighted by Gasteiger charge is 2.35. The molecule has 7 nitrogen and oxygen atoms in total. The highest BCUT2D eigenvalue weighted by atomic mass is 16.6. The molecule has 0 radical (unpaired) electrons. The molecule has 0 bridgehead atoms. The normalized spacial score (nSPS) is 23.1. The quantitative estimate of drug-likeness (QED) is 0.842. The summed E-state index contributed by atoms with van der Waals surface area (Å²) in [6, 6.07) is 7.44. The number of likely N-dealkylation sites (tertiary alicyclic amines) is 1. The van der Waals surface area contributed by atoms with Crippen LogP contribution < -0.4 is 9.47 Å². The summed E-state index contributed by atoms with van der Waals surface area (Å²) in [5.41, 5.74) is 0. The van der Waals surface area contributed by atoms with E-state index in [9.17, 15) is 4.79 Å². The number of carbonyl (C=O) groups excluding carboxylic acids is 1. The van der Waals surface area contributed by atoms with Crippen molar-refractivity contribution in [2.45, 2.75) is 43.6 Å². The van der Waals surface area contributed by atoms with E-state index in [4.69, 9.17) is 13.9 Å². The van der Waals surface area contributed by atoms with E-state index in [1.807, 2.05) is 29.2 Å². The Kier molecular flexibility index (Phi) is 3.80. The number of hydrogen-bond acceptors (Lipinski definition) is 6. The summed E-state index contributed by atoms with van der Waals surface area (Å²) < 4.78 is 17.3. The van der Waals surface area contributed by atoms with Gasteiger partial charge in [-0.25, -0.2) is 0 Å². The Morgan fingerprint density at radius 3 is 2.31 bits per heavy atom. The first-order valence-electron chi connectivity index (χ1n) is 9.28. The Morgan fingerprint density at radius 2 is 1.62 bits per heavy atom. The van der Waals surface area contributed by atoms with Crippen molar-refractivity contribution in [1.82, 2.24) is 15.1 Å². The number of piperidine rings is 1. The molecule has 1 aliphatic carbocycles. The van der Waals surface area contributed by atoms with Gasteiger partial charge in [0.1, 0.15) is 6.61 Å². The number of aromatic nitrogens is 2. The average molecular weight is 355 g/mol. The monoisotopic (exact) mass is 355 g/mol. The van der Waals surface area contributed by atoms with Gasteiger partial charge >= 0.3 is 0 Å². The second kappa shape index (κ2) is 6.30. The van der Waals surface area contributed by atoms with Crippen LogP contribution in [0.4, 0.5) is 0 Å². The number of para-hydroxylation sites is 2. The van der Waals surface area contributed by atoms with E-state index >= 15 is 0 Å². The van der Waals surface area contributed by atoms with Crippen molar-refractivity contribution in [3.05, 3.63) is 36.0 Å². The molecule has 1 aromatic carbocycles. The van der Waals surface area contributed by atoms with Gasteiger partial charge in [0.25, 0.3) is 5.91 Å². The predicted octanol–water partition coefficient (Wildman–Crippen LogP) is 2.49. The summed E-state index contributed by atoms with van der Waals surface area (Å²) in [6.45, 7) is 1.60. The Bertz CT molecular complexity index is 809. The van der Waals surface area contributed by atoms with E-state index in [1.165, 1.54) is 0 Å². The summed E-state index contributed by atoms with van der Waals surface area (Å²) in [5.74, 6) is 3.54. The highest BCUT2D eigenvalue weighted by molar-refractivity contribution is 5.82. The van der Waals surface area contributed by atoms with Gasteiger partial charge in [-0.2, -0.15) is 0 Å². The fourth-order valence-corrected chi connectivity index (χ4v) is 3.60. The Morgan fingerprint density at radius 1 is 0.962 bits per heavy atom. The predicted molar refractivity (Wildman–Crippen MR) is 91.2 cm³/mol. The summed E-state index contributed by atoms with van der Waals surface area (Å²) in [5, 5.41) is 8.39. The molecule has 3 aliphatic rings. The highest BCUT2D eigenvalue weighted by Crippen LogP contribution is 2.40. The molecular formula is C19H21N3O4. The second-order valence-electron chi connectivity index (χ2n) is 7.22. The number of ether oxygens (including phenoxy) is 2. The third-order valence-electron chi connectivity index (χ3n) is 5.32. The maximum absolute atomic E-state index is 12.8. The minimum absolute atomic E-state index is 0.0119. The first-order chi connectivity index (χ1) is 12.8. The van der Waals surface area contributed by atoms with Gasteiger partial charge in [0, 0.05) is 24.9 Å². The van der Waals surface area contributed by atoms with Gasteiger partial charge in [-0.1, -0.05) is 12.1 Å². The molecule has 0 N–H and O–H groups in total. The first kappa shape index (κ1) is 15.7. The molecular weight excluding hydrogens is 334 g/mol. The topological polar surface area (TPSA) is 77.7 Å². The van der Waals surface area contributed by atoms with Gasteiger partial charge in [0.15, 0.2) is 11.5 Å². The van der Waals surface area contributed by atoms with E-state index in [0.717, 1.165) is 37.5 Å². The molecule has 1 amide bonds. The second-order valence-corrected chi connectivity index (χ2v) is 7.22. The number of carbonyl (C=O) groups is 1. The fraction of sp³-hybridized carbons (Fsp3) is 0.526. The molecule has 136 valence electrons. The molecule has 0 unspecified atom stereocenters. The van der Waals surface area contributed by atoms with Crippen molar-refractivity contribution in [1.29, 1.82) is 0 Å². The number of fused-ring (bicyclic) bond motifs is 1. The lowest BCUT2D eigenvalue weighted by Gasteiger charge is -2.34. The Balaban J connectivity index is 1.19. The van der Waals surface area contributed by atoms with Crippen LogP contribution in [0.1, 0.15) is 49.3 Å². The van der Waals surface area contributed by atoms with E-state index in [-0.39, 0.29) is 18.4 Å². The molecule has 0 spiro atoms. The molecule has 2 aromatic rings. The van der Waals surface area contributed by atoms with E-state index in [2.05, 4.69) is 10.2 Å². The molecule has 1 saturated carbocycles. The van der Waals surface area contributed by atoms with Gasteiger partial charge < -0.3 is 18.8 Å². The van der Waals surface area contributed by atoms with Crippen LogP contribution in [-0.2, 0) is 4.79 Å². The zero-order valence-electron chi connectivity index (χ0n) is 14.5. The van der Waals surface area contributed by atoms with Gasteiger partial charge in [-0.05, 0) is 37.8 Å². The van der Waals surface area contributed by atoms with Crippen LogP contribution in [0.5, 0.6) is 11.5 Å². The van der Waals surface area contributed by atoms with Crippen LogP contribution in [-0.4, -0.2) is 46.8 Å². The lowest BCUT2D eigenvalue weighted by molar-refractivity contribution is -0.142. The molecule has 26 heavy (non-hydrogen) atoms. The Labute approximate surface area is 151 Å². The maximum Gasteiger partial charge on any atom is 0.267 e. The number of hydrogen-bond donors (Lipinski definition) is 0. The summed E-state index contributed by atoms with van der Waals surface area (Å²) in [7, 11) is 0. The SMILES string of the molecule is O=C([C@H]1COc2ccccc2O1)N1CCC(c2nnc(C3CC3)o2)CC1. The molecule has 1 atom stereocenters. The molecule has 7 heteroatoms. The van der Waals surface area contributed by atoms with Crippen LogP contribution in [0.25, 0.3) is 0 Å². The van der Waals surface area contributed by atoms with Crippen LogP contribution in [0.2, 0.25) is 0 Å². The minimum Gasteiger partial charge on any atom is -0.485 e. The smallest absolute Gasteiger partial charge is 0.267 e. The van der Waals surface area contributed by atoms with Crippen molar-refractivity contribution >= 4 is 5.91 Å². The van der Waals surface area contributed by atoms with Crippen molar-refractivity contribution in [2.75, 3.05) is 19.7 Å². The lowest BCUT2D eigenvalue weighted by Crippen LogP contribution is -2.48. The minimum atomic E-state index is -0.577. The largest absolute Gasteiger partial charge is 0.485 e. The summed E-state index contributed by atoms with van der Waals surface area (Å²) in [4.78, 5) is 14.6. The van der Waals surface area contributed by atoms with Crippen LogP contribution in [0, 0.1) is 0 Å². The van der Waals surface area contributed by atoms with Gasteiger partial charge in [-0.15, -0.1) is 10.2 Å². The maximum atomic E-state index is 12.8. The summed E-state index contributed by atoms with van der Waals surface area (Å²) >= 11 is 0. The zero-order chi connectivity index (χ0) is 17.5. The van der Waals surface area contributed by atoms with Crippen molar-refractivity contribution in [3.63, 3.8) is 0 Å². The number of benzene rings is 1. The molecule has 2 aliphatic heterocycles. The van der Waals surface area contributed by atoms with E-state index in [0.29, 0.717) is 30.5 Å². The number of nitrogens with zero attached hydrogens (tertiary/aromatic N) is 3. The van der Waals surface area contributed by atoms with Gasteiger partial charge in [-0.3, -0.25) is 4.79 Å². The van der Waals surface area contributed by atoms with Gasteiger partial charge in [0.05, 0.1) is 0 Å². The van der Waals surface area contributed by atoms with Crippen molar-refractivity contribution < 1.29 is 18.7 Å². The van der Waals surface area contributed by atoms with Crippen LogP contribution in [0.15, 0.2) is 28.7 Å². The third-order valence-corrected chi connectivity index (χ3v) is 5.32. The van der Waals surface area contributed by atoms with Crippen LogP contribution >= 0.6 is 0 Å². The standard InChI is InChI=1S/C19H21N3O4/c23-19(16-11-24-14-3-1-2-4-15(14)25-16)22-9-7-13(8-10-22)18-21-20-17(26-18)12-5-6-12/h1-4,12-13,16H,5-11H2/t16-/m1/s1. The summed E-state index contributed by atoms with van der Waals surface area (Å²) in [6.07, 6.45) is 3.40. The van der Waals surface area contributed by atoms with E-state index in [1.54, 1.807) is 0 Å². The van der Waals surface area contributed by atoms with Crippen LogP contribution in [0.3, 0.4) is 0 Å². The molecule has 1 aromatic heterocycles. The molecule has 5 rings (SSSR count). The average Bonchev–Trinajstić information content (AvgIpc) is 3.44.